The fourth-order valence-corrected chi connectivity index (χ4v) is 1.62. The molecule has 0 aliphatic rings. The van der Waals surface area contributed by atoms with Gasteiger partial charge in [-0.2, -0.15) is 0 Å². The van der Waals surface area contributed by atoms with Crippen LogP contribution < -0.4 is 10.5 Å². The normalized spacial score (nSPS) is 10.2. The van der Waals surface area contributed by atoms with Crippen molar-refractivity contribution in [2.75, 3.05) is 16.7 Å². The lowest BCUT2D eigenvalue weighted by molar-refractivity contribution is 0.607. The molecule has 0 atom stereocenters. The van der Waals surface area contributed by atoms with Gasteiger partial charge in [-0.05, 0) is 5.92 Å². The molecule has 1 rings (SSSR count). The van der Waals surface area contributed by atoms with Crippen LogP contribution in [0.5, 0.6) is 0 Å². The van der Waals surface area contributed by atoms with Crippen LogP contribution in [0, 0.1) is 24.7 Å². The summed E-state index contributed by atoms with van der Waals surface area (Å²) in [4.78, 5) is 3.83. The van der Waals surface area contributed by atoms with Gasteiger partial charge in [0.15, 0.2) is 0 Å². The number of rotatable bonds is 2. The molecule has 0 aliphatic carbocycles. The van der Waals surface area contributed by atoms with Gasteiger partial charge in [0.25, 0.3) is 0 Å². The maximum atomic E-state index is 11.1. The summed E-state index contributed by atoms with van der Waals surface area (Å²) in [6.07, 6.45) is 12.7. The molecule has 0 fully saturated rings. The average Bonchev–Trinajstić information content (AvgIpc) is 2.19. The van der Waals surface area contributed by atoms with Crippen molar-refractivity contribution < 1.29 is 8.42 Å². The Hall–Kier alpha value is -2.18. The van der Waals surface area contributed by atoms with Crippen LogP contribution in [0.1, 0.15) is 11.3 Å². The van der Waals surface area contributed by atoms with Crippen LogP contribution in [-0.4, -0.2) is 19.7 Å². The van der Waals surface area contributed by atoms with Crippen LogP contribution in [-0.2, 0) is 10.0 Å². The lowest BCUT2D eigenvalue weighted by Crippen LogP contribution is -2.14. The largest absolute Gasteiger partial charge is 0.396 e. The highest BCUT2D eigenvalue weighted by atomic mass is 32.2. The molecule has 0 amide bonds. The number of anilines is 2. The van der Waals surface area contributed by atoms with Gasteiger partial charge in [-0.25, -0.2) is 13.4 Å². The van der Waals surface area contributed by atoms with Gasteiger partial charge in [-0.15, -0.1) is 12.8 Å². The SMILES string of the molecule is C#Cc1cnc(C#C)c(NS(C)(=O)=O)c1N. The van der Waals surface area contributed by atoms with Crippen molar-refractivity contribution in [3.05, 3.63) is 17.5 Å². The fourth-order valence-electron chi connectivity index (χ4n) is 1.04. The summed E-state index contributed by atoms with van der Waals surface area (Å²) in [6, 6.07) is 0. The summed E-state index contributed by atoms with van der Waals surface area (Å²) in [6.45, 7) is 0. The van der Waals surface area contributed by atoms with Crippen molar-refractivity contribution in [3.8, 4) is 24.7 Å². The minimum Gasteiger partial charge on any atom is -0.396 e. The second-order valence-electron chi connectivity index (χ2n) is 2.97. The highest BCUT2D eigenvalue weighted by Gasteiger charge is 2.13. The summed E-state index contributed by atoms with van der Waals surface area (Å²) in [5, 5.41) is 0. The van der Waals surface area contributed by atoms with E-state index in [1.54, 1.807) is 0 Å². The monoisotopic (exact) mass is 235 g/mol. The van der Waals surface area contributed by atoms with Gasteiger partial charge in [0.2, 0.25) is 10.0 Å². The first-order valence-electron chi connectivity index (χ1n) is 4.08. The summed E-state index contributed by atoms with van der Waals surface area (Å²) in [5.74, 6) is 4.51. The van der Waals surface area contributed by atoms with Gasteiger partial charge in [0.05, 0.1) is 17.5 Å². The van der Waals surface area contributed by atoms with Gasteiger partial charge in [0, 0.05) is 6.20 Å². The zero-order valence-corrected chi connectivity index (χ0v) is 9.30. The Bertz CT molecular complexity index is 606. The van der Waals surface area contributed by atoms with Gasteiger partial charge >= 0.3 is 0 Å². The van der Waals surface area contributed by atoms with Crippen LogP contribution in [0.25, 0.3) is 0 Å². The second kappa shape index (κ2) is 4.13. The summed E-state index contributed by atoms with van der Waals surface area (Å²) >= 11 is 0. The van der Waals surface area contributed by atoms with Crippen LogP contribution >= 0.6 is 0 Å². The number of nitrogen functional groups attached to an aromatic ring is 1. The number of sulfonamides is 1. The molecule has 0 spiro atoms. The number of aromatic nitrogens is 1. The molecule has 0 saturated heterocycles. The van der Waals surface area contributed by atoms with E-state index in [0.717, 1.165) is 6.26 Å². The first-order chi connectivity index (χ1) is 7.39. The molecular formula is C10H9N3O2S. The quantitative estimate of drug-likeness (QED) is 0.706. The zero-order valence-electron chi connectivity index (χ0n) is 8.48. The van der Waals surface area contributed by atoms with Crippen LogP contribution in [0.3, 0.4) is 0 Å². The molecule has 1 aromatic heterocycles. The molecule has 16 heavy (non-hydrogen) atoms. The maximum Gasteiger partial charge on any atom is 0.229 e. The predicted octanol–water partition coefficient (Wildman–Crippen LogP) is -0.00210. The fraction of sp³-hybridized carbons (Fsp3) is 0.100. The Morgan fingerprint density at radius 1 is 1.44 bits per heavy atom. The van der Waals surface area contributed by atoms with Crippen LogP contribution in [0.2, 0.25) is 0 Å². The van der Waals surface area contributed by atoms with E-state index in [4.69, 9.17) is 18.6 Å². The molecule has 1 aromatic rings. The Kier molecular flexibility index (Phi) is 3.07. The lowest BCUT2D eigenvalue weighted by atomic mass is 10.2. The Morgan fingerprint density at radius 2 is 2.06 bits per heavy atom. The number of hydrogen-bond acceptors (Lipinski definition) is 4. The van der Waals surface area contributed by atoms with Crippen molar-refractivity contribution in [2.45, 2.75) is 0 Å². The lowest BCUT2D eigenvalue weighted by Gasteiger charge is -2.10. The number of terminal acetylenes is 2. The van der Waals surface area contributed by atoms with E-state index in [2.05, 4.69) is 21.5 Å². The van der Waals surface area contributed by atoms with Crippen molar-refractivity contribution in [2.24, 2.45) is 0 Å². The van der Waals surface area contributed by atoms with E-state index in [1.165, 1.54) is 6.20 Å². The van der Waals surface area contributed by atoms with Crippen molar-refractivity contribution in [1.82, 2.24) is 4.98 Å². The molecule has 0 unspecified atom stereocenters. The van der Waals surface area contributed by atoms with Gasteiger partial charge < -0.3 is 5.73 Å². The summed E-state index contributed by atoms with van der Waals surface area (Å²) in [7, 11) is -3.49. The third-order valence-electron chi connectivity index (χ3n) is 1.70. The van der Waals surface area contributed by atoms with E-state index >= 15 is 0 Å². The van der Waals surface area contributed by atoms with E-state index in [0.29, 0.717) is 0 Å². The molecule has 0 aliphatic heterocycles. The first-order valence-corrected chi connectivity index (χ1v) is 5.97. The molecule has 3 N–H and O–H groups in total. The summed E-state index contributed by atoms with van der Waals surface area (Å²) in [5.41, 5.74) is 6.19. The van der Waals surface area contributed by atoms with Crippen molar-refractivity contribution >= 4 is 21.4 Å². The third-order valence-corrected chi connectivity index (χ3v) is 2.27. The van der Waals surface area contributed by atoms with Crippen molar-refractivity contribution in [1.29, 1.82) is 0 Å². The molecule has 1 heterocycles. The number of nitrogens with two attached hydrogens (primary N) is 1. The highest BCUT2D eigenvalue weighted by Crippen LogP contribution is 2.25. The van der Waals surface area contributed by atoms with Crippen molar-refractivity contribution in [3.63, 3.8) is 0 Å². The van der Waals surface area contributed by atoms with Crippen LogP contribution in [0.15, 0.2) is 6.20 Å². The molecular weight excluding hydrogens is 226 g/mol. The number of nitrogens with zero attached hydrogens (tertiary/aromatic N) is 1. The van der Waals surface area contributed by atoms with Crippen LogP contribution in [0.4, 0.5) is 11.4 Å². The second-order valence-corrected chi connectivity index (χ2v) is 4.72. The molecule has 82 valence electrons. The number of pyridine rings is 1. The first kappa shape index (κ1) is 11.9. The van der Waals surface area contributed by atoms with Gasteiger partial charge in [-0.1, -0.05) is 5.92 Å². The van der Waals surface area contributed by atoms with E-state index < -0.39 is 10.0 Å². The molecule has 0 saturated carbocycles. The van der Waals surface area contributed by atoms with Gasteiger partial charge in [0.1, 0.15) is 11.4 Å². The zero-order chi connectivity index (χ0) is 12.3. The Labute approximate surface area is 94.1 Å². The molecule has 5 nitrogen and oxygen atoms in total. The standard InChI is InChI=1S/C10H9N3O2S/c1-4-7-6-12-8(5-2)10(9(7)11)13-16(3,14)15/h1-2,6,13H,3H3,(H2,11,12). The summed E-state index contributed by atoms with van der Waals surface area (Å²) < 4.78 is 24.4. The minimum absolute atomic E-state index is 0.0421. The average molecular weight is 235 g/mol. The maximum absolute atomic E-state index is 11.1. The Balaban J connectivity index is 3.47. The van der Waals surface area contributed by atoms with Gasteiger partial charge in [-0.3, -0.25) is 4.72 Å². The van der Waals surface area contributed by atoms with E-state index in [1.807, 2.05) is 0 Å². The minimum atomic E-state index is -3.49. The topological polar surface area (TPSA) is 85.1 Å². The molecule has 0 aromatic carbocycles. The molecule has 0 bridgehead atoms. The number of nitrogens with one attached hydrogen (secondary N) is 1. The van der Waals surface area contributed by atoms with E-state index in [9.17, 15) is 8.42 Å². The third kappa shape index (κ3) is 2.44. The molecule has 6 heteroatoms. The smallest absolute Gasteiger partial charge is 0.229 e. The highest BCUT2D eigenvalue weighted by molar-refractivity contribution is 7.92. The Morgan fingerprint density at radius 3 is 2.50 bits per heavy atom. The molecule has 0 radical (unpaired) electrons. The predicted molar refractivity (Wildman–Crippen MR) is 63.0 cm³/mol. The number of hydrogen-bond donors (Lipinski definition) is 2. The van der Waals surface area contributed by atoms with E-state index in [-0.39, 0.29) is 22.6 Å².